The second kappa shape index (κ2) is 4.17. The van der Waals surface area contributed by atoms with Crippen molar-refractivity contribution in [2.24, 2.45) is 0 Å². The topological polar surface area (TPSA) is 60.8 Å². The summed E-state index contributed by atoms with van der Waals surface area (Å²) in [6.07, 6.45) is 6.05. The molecular formula is C13H15NO3S. The van der Waals surface area contributed by atoms with Gasteiger partial charge in [-0.25, -0.2) is 9.86 Å². The van der Waals surface area contributed by atoms with Gasteiger partial charge in [0.2, 0.25) is 0 Å². The molecule has 18 heavy (non-hydrogen) atoms. The molecule has 4 nitrogen and oxygen atoms in total. The molecule has 3 aliphatic rings. The average Bonchev–Trinajstić information content (AvgIpc) is 2.66. The fraction of sp³-hybridized carbons (Fsp3) is 0.462. The van der Waals surface area contributed by atoms with Crippen LogP contribution in [0.15, 0.2) is 33.5 Å². The molecule has 0 radical (unpaired) electrons. The number of carboxylic acid groups (broad SMARTS) is 1. The van der Waals surface area contributed by atoms with Crippen molar-refractivity contribution in [3.05, 3.63) is 33.5 Å². The van der Waals surface area contributed by atoms with E-state index in [4.69, 9.17) is 0 Å². The van der Waals surface area contributed by atoms with E-state index in [0.717, 1.165) is 46.9 Å². The van der Waals surface area contributed by atoms with Gasteiger partial charge in [0.1, 0.15) is 0 Å². The summed E-state index contributed by atoms with van der Waals surface area (Å²) in [4.78, 5) is 12.2. The van der Waals surface area contributed by atoms with Gasteiger partial charge in [-0.3, -0.25) is 5.21 Å². The van der Waals surface area contributed by atoms with E-state index < -0.39 is 5.97 Å². The van der Waals surface area contributed by atoms with Crippen LogP contribution in [-0.2, 0) is 4.79 Å². The molecule has 0 spiro atoms. The minimum absolute atomic E-state index is 0.111. The molecule has 3 rings (SSSR count). The Kier molecular flexibility index (Phi) is 2.75. The Morgan fingerprint density at radius 2 is 2.17 bits per heavy atom. The zero-order valence-electron chi connectivity index (χ0n) is 10.1. The number of hydrogen-bond donors (Lipinski definition) is 2. The molecule has 0 amide bonds. The Labute approximate surface area is 110 Å². The van der Waals surface area contributed by atoms with Crippen molar-refractivity contribution in [2.45, 2.75) is 37.9 Å². The van der Waals surface area contributed by atoms with Crippen LogP contribution in [0.4, 0.5) is 0 Å². The van der Waals surface area contributed by atoms with E-state index in [1.165, 1.54) is 11.8 Å². The number of rotatable bonds is 1. The summed E-state index contributed by atoms with van der Waals surface area (Å²) in [6, 6.07) is 0. The van der Waals surface area contributed by atoms with Gasteiger partial charge in [0.15, 0.2) is 0 Å². The summed E-state index contributed by atoms with van der Waals surface area (Å²) in [6.45, 7) is 1.87. The second-order valence-electron chi connectivity index (χ2n) is 4.83. The monoisotopic (exact) mass is 265 g/mol. The van der Waals surface area contributed by atoms with Crippen LogP contribution in [0, 0.1) is 0 Å². The molecule has 1 atom stereocenters. The van der Waals surface area contributed by atoms with Gasteiger partial charge in [0, 0.05) is 15.9 Å². The molecule has 0 fully saturated rings. The Hall–Kier alpha value is -1.20. The molecule has 1 unspecified atom stereocenters. The molecule has 0 bridgehead atoms. The number of carboxylic acids is 1. The molecule has 1 aliphatic carbocycles. The summed E-state index contributed by atoms with van der Waals surface area (Å²) in [5.74, 6) is -0.938. The molecule has 0 aromatic heterocycles. The number of nitrogens with zero attached hydrogens (tertiary/aromatic N) is 1. The maximum absolute atomic E-state index is 11.3. The summed E-state index contributed by atoms with van der Waals surface area (Å²) in [7, 11) is 0. The van der Waals surface area contributed by atoms with Crippen LogP contribution in [0.2, 0.25) is 0 Å². The predicted octanol–water partition coefficient (Wildman–Crippen LogP) is 2.88. The predicted molar refractivity (Wildman–Crippen MR) is 68.9 cm³/mol. The Morgan fingerprint density at radius 3 is 2.89 bits per heavy atom. The van der Waals surface area contributed by atoms with E-state index in [9.17, 15) is 15.1 Å². The van der Waals surface area contributed by atoms with E-state index in [-0.39, 0.29) is 5.25 Å². The highest BCUT2D eigenvalue weighted by atomic mass is 32.2. The zero-order chi connectivity index (χ0) is 12.9. The maximum Gasteiger partial charge on any atom is 0.334 e. The highest BCUT2D eigenvalue weighted by Crippen LogP contribution is 2.49. The summed E-state index contributed by atoms with van der Waals surface area (Å²) in [5, 5.41) is 20.6. The van der Waals surface area contributed by atoms with Gasteiger partial charge in [-0.05, 0) is 44.3 Å². The van der Waals surface area contributed by atoms with Gasteiger partial charge in [0.25, 0.3) is 0 Å². The van der Waals surface area contributed by atoms with Gasteiger partial charge in [-0.15, -0.1) is 11.8 Å². The van der Waals surface area contributed by atoms with Crippen LogP contribution in [-0.4, -0.2) is 26.6 Å². The normalized spacial score (nSPS) is 27.1. The molecular weight excluding hydrogens is 250 g/mol. The number of fused-ring (bicyclic) bond motifs is 1. The number of allylic oxidation sites excluding steroid dienone is 3. The van der Waals surface area contributed by atoms with Gasteiger partial charge in [-0.1, -0.05) is 0 Å². The van der Waals surface area contributed by atoms with Gasteiger partial charge in [-0.2, -0.15) is 0 Å². The number of thioether (sulfide) groups is 1. The highest BCUT2D eigenvalue weighted by Gasteiger charge is 2.38. The Bertz CT molecular complexity index is 518. The van der Waals surface area contributed by atoms with E-state index >= 15 is 0 Å². The van der Waals surface area contributed by atoms with Gasteiger partial charge >= 0.3 is 5.97 Å². The van der Waals surface area contributed by atoms with E-state index in [1.807, 2.05) is 6.92 Å². The number of aliphatic carboxylic acids is 1. The summed E-state index contributed by atoms with van der Waals surface area (Å²) < 4.78 is 0. The van der Waals surface area contributed by atoms with Crippen molar-refractivity contribution in [1.29, 1.82) is 0 Å². The summed E-state index contributed by atoms with van der Waals surface area (Å²) >= 11 is 1.52. The van der Waals surface area contributed by atoms with Crippen molar-refractivity contribution in [3.8, 4) is 0 Å². The van der Waals surface area contributed by atoms with Crippen molar-refractivity contribution < 1.29 is 15.1 Å². The number of hydrogen-bond acceptors (Lipinski definition) is 4. The van der Waals surface area contributed by atoms with Crippen LogP contribution in [0.3, 0.4) is 0 Å². The molecule has 2 aliphatic heterocycles. The summed E-state index contributed by atoms with van der Waals surface area (Å²) in [5.41, 5.74) is 2.84. The fourth-order valence-electron chi connectivity index (χ4n) is 2.83. The quantitative estimate of drug-likeness (QED) is 0.763. The van der Waals surface area contributed by atoms with Crippen LogP contribution < -0.4 is 0 Å². The highest BCUT2D eigenvalue weighted by molar-refractivity contribution is 8.04. The Morgan fingerprint density at radius 1 is 1.44 bits per heavy atom. The standard InChI is InChI=1S/C13H15NO3S/c1-7-11(13(15)16)12-10(18-7)6-8-4-2-3-5-9(8)14(12)17/h6-7,17H,2-5H2,1H3,(H,15,16). The van der Waals surface area contributed by atoms with Crippen molar-refractivity contribution in [3.63, 3.8) is 0 Å². The lowest BCUT2D eigenvalue weighted by atomic mass is 9.92. The van der Waals surface area contributed by atoms with E-state index in [1.54, 1.807) is 0 Å². The van der Waals surface area contributed by atoms with Crippen molar-refractivity contribution in [1.82, 2.24) is 5.06 Å². The first kappa shape index (κ1) is 11.9. The lowest BCUT2D eigenvalue weighted by molar-refractivity contribution is -0.133. The van der Waals surface area contributed by atoms with Gasteiger partial charge in [0.05, 0.1) is 11.3 Å². The first-order chi connectivity index (χ1) is 8.59. The second-order valence-corrected chi connectivity index (χ2v) is 6.21. The van der Waals surface area contributed by atoms with Crippen LogP contribution in [0.1, 0.15) is 32.6 Å². The van der Waals surface area contributed by atoms with Crippen LogP contribution in [0.5, 0.6) is 0 Å². The number of carbonyl (C=O) groups is 1. The molecule has 2 heterocycles. The third-order valence-electron chi connectivity index (χ3n) is 3.68. The largest absolute Gasteiger partial charge is 0.478 e. The number of hydroxylamine groups is 2. The lowest BCUT2D eigenvalue weighted by Gasteiger charge is -2.31. The Balaban J connectivity index is 2.12. The average molecular weight is 265 g/mol. The molecule has 0 saturated heterocycles. The smallest absolute Gasteiger partial charge is 0.334 e. The molecule has 5 heteroatoms. The van der Waals surface area contributed by atoms with Crippen molar-refractivity contribution in [2.75, 3.05) is 0 Å². The lowest BCUT2D eigenvalue weighted by Crippen LogP contribution is -2.26. The molecule has 0 aromatic rings. The molecule has 96 valence electrons. The zero-order valence-corrected chi connectivity index (χ0v) is 11.0. The first-order valence-electron chi connectivity index (χ1n) is 6.17. The van der Waals surface area contributed by atoms with E-state index in [2.05, 4.69) is 6.08 Å². The first-order valence-corrected chi connectivity index (χ1v) is 7.04. The van der Waals surface area contributed by atoms with Crippen LogP contribution in [0.25, 0.3) is 0 Å². The van der Waals surface area contributed by atoms with Gasteiger partial charge < -0.3 is 5.11 Å². The minimum atomic E-state index is -0.938. The molecule has 2 N–H and O–H groups in total. The van der Waals surface area contributed by atoms with Crippen LogP contribution >= 0.6 is 11.8 Å². The third kappa shape index (κ3) is 1.61. The third-order valence-corrected chi connectivity index (χ3v) is 4.84. The maximum atomic E-state index is 11.3. The van der Waals surface area contributed by atoms with Crippen molar-refractivity contribution >= 4 is 17.7 Å². The SMILES string of the molecule is CC1SC2=CC3=C(CCCC3)N(O)C2=C1C(=O)O. The fourth-order valence-corrected chi connectivity index (χ4v) is 4.06. The van der Waals surface area contributed by atoms with E-state index in [0.29, 0.717) is 11.3 Å². The molecule has 0 aromatic carbocycles. The molecule has 0 saturated carbocycles. The minimum Gasteiger partial charge on any atom is -0.478 e.